The predicted molar refractivity (Wildman–Crippen MR) is 163 cm³/mol. The molecule has 8 nitrogen and oxygen atoms in total. The maximum Gasteiger partial charge on any atom is 1.00 e. The SMILES string of the molecule is CCCCCCCCCCCCCCCCCCOS(=O)(=O)OCCCCCCCCCCCC.O=S(=O)([O-])[O-].[Na+].[Na+]. The molecule has 0 bridgehead atoms. The van der Waals surface area contributed by atoms with Gasteiger partial charge in [-0.15, -0.1) is 0 Å². The smallest absolute Gasteiger partial charge is 0.759 e. The maximum atomic E-state index is 11.8. The van der Waals surface area contributed by atoms with Crippen LogP contribution in [0.25, 0.3) is 0 Å². The molecule has 0 atom stereocenters. The molecular formula is C30H62Na2O8S2. The molecule has 0 saturated heterocycles. The second-order valence-electron chi connectivity index (χ2n) is 10.9. The summed E-state index contributed by atoms with van der Waals surface area (Å²) < 4.78 is 67.7. The van der Waals surface area contributed by atoms with Crippen LogP contribution in [0, 0.1) is 0 Å². The van der Waals surface area contributed by atoms with E-state index in [9.17, 15) is 8.42 Å². The molecule has 0 aromatic heterocycles. The van der Waals surface area contributed by atoms with Crippen molar-refractivity contribution >= 4 is 20.8 Å². The Morgan fingerprint density at radius 3 is 0.738 bits per heavy atom. The van der Waals surface area contributed by atoms with Crippen molar-refractivity contribution in [2.75, 3.05) is 13.2 Å². The Morgan fingerprint density at radius 2 is 0.548 bits per heavy atom. The molecule has 0 aliphatic carbocycles. The number of hydrogen-bond donors (Lipinski definition) is 0. The zero-order valence-electron chi connectivity index (χ0n) is 27.9. The van der Waals surface area contributed by atoms with Gasteiger partial charge >= 0.3 is 69.5 Å². The molecule has 0 fully saturated rings. The molecule has 0 aliphatic heterocycles. The van der Waals surface area contributed by atoms with Gasteiger partial charge in [-0.2, -0.15) is 8.42 Å². The molecular weight excluding hydrogens is 598 g/mol. The van der Waals surface area contributed by atoms with Gasteiger partial charge in [0.2, 0.25) is 0 Å². The average molecular weight is 661 g/mol. The van der Waals surface area contributed by atoms with Crippen LogP contribution in [-0.2, 0) is 29.2 Å². The molecule has 0 saturated carbocycles. The summed E-state index contributed by atoms with van der Waals surface area (Å²) in [6.07, 6.45) is 33.1. The summed E-state index contributed by atoms with van der Waals surface area (Å²) in [7, 11) is -8.98. The summed E-state index contributed by atoms with van der Waals surface area (Å²) in [5.41, 5.74) is 0. The average Bonchev–Trinajstić information content (AvgIpc) is 2.88. The van der Waals surface area contributed by atoms with Crippen LogP contribution in [0.1, 0.15) is 181 Å². The van der Waals surface area contributed by atoms with Gasteiger partial charge in [0.1, 0.15) is 0 Å². The molecule has 0 radical (unpaired) electrons. The third-order valence-corrected chi connectivity index (χ3v) is 7.86. The Hall–Kier alpha value is 1.74. The minimum Gasteiger partial charge on any atom is -0.759 e. The summed E-state index contributed by atoms with van der Waals surface area (Å²) in [4.78, 5) is 0. The van der Waals surface area contributed by atoms with E-state index >= 15 is 0 Å². The van der Waals surface area contributed by atoms with Crippen molar-refractivity contribution in [1.82, 2.24) is 0 Å². The number of unbranched alkanes of at least 4 members (excludes halogenated alkanes) is 24. The van der Waals surface area contributed by atoms with Crippen molar-refractivity contribution in [3.63, 3.8) is 0 Å². The third-order valence-electron chi connectivity index (χ3n) is 6.95. The van der Waals surface area contributed by atoms with Crippen molar-refractivity contribution in [3.8, 4) is 0 Å². The molecule has 0 aromatic carbocycles. The Kier molecular flexibility index (Phi) is 46.9. The summed E-state index contributed by atoms with van der Waals surface area (Å²) in [5.74, 6) is 0. The fourth-order valence-electron chi connectivity index (χ4n) is 4.60. The van der Waals surface area contributed by atoms with E-state index in [0.717, 1.165) is 32.1 Å². The van der Waals surface area contributed by atoms with E-state index < -0.39 is 20.8 Å². The molecule has 0 aromatic rings. The standard InChI is InChI=1S/C30H62O4S.2Na.H2O4S/c1-3-5-7-9-11-13-15-16-17-18-19-20-22-24-26-28-30-34-35(31,32)33-29-27-25-23-21-14-12-10-8-6-4-2;;;1-5(2,3)4/h3-30H2,1-2H3;;;(H2,1,2,3,4)/q;2*+1;/p-2. The summed E-state index contributed by atoms with van der Waals surface area (Å²) in [6, 6.07) is 0. The molecule has 244 valence electrons. The van der Waals surface area contributed by atoms with Gasteiger partial charge in [-0.05, 0) is 12.8 Å². The van der Waals surface area contributed by atoms with Crippen LogP contribution in [0.3, 0.4) is 0 Å². The topological polar surface area (TPSA) is 133 Å². The van der Waals surface area contributed by atoms with E-state index in [2.05, 4.69) is 13.8 Å². The zero-order valence-corrected chi connectivity index (χ0v) is 33.5. The number of rotatable bonds is 30. The number of hydrogen-bond acceptors (Lipinski definition) is 8. The Labute approximate surface area is 305 Å². The monoisotopic (exact) mass is 660 g/mol. The second-order valence-corrected chi connectivity index (χ2v) is 13.1. The van der Waals surface area contributed by atoms with E-state index in [4.69, 9.17) is 25.9 Å². The van der Waals surface area contributed by atoms with Gasteiger partial charge in [0.25, 0.3) is 0 Å². The van der Waals surface area contributed by atoms with Crippen molar-refractivity contribution in [2.45, 2.75) is 181 Å². The van der Waals surface area contributed by atoms with E-state index in [1.165, 1.54) is 135 Å². The first-order valence-corrected chi connectivity index (χ1v) is 19.0. The van der Waals surface area contributed by atoms with Crippen LogP contribution < -0.4 is 59.1 Å². The third kappa shape index (κ3) is 54.2. The van der Waals surface area contributed by atoms with Gasteiger partial charge < -0.3 is 9.11 Å². The van der Waals surface area contributed by atoms with Gasteiger partial charge in [0, 0.05) is 10.4 Å². The van der Waals surface area contributed by atoms with Crippen molar-refractivity contribution in [3.05, 3.63) is 0 Å². The van der Waals surface area contributed by atoms with Crippen LogP contribution >= 0.6 is 0 Å². The van der Waals surface area contributed by atoms with Gasteiger partial charge in [-0.25, -0.2) is 8.37 Å². The van der Waals surface area contributed by atoms with E-state index in [0.29, 0.717) is 0 Å². The van der Waals surface area contributed by atoms with Crippen molar-refractivity contribution in [1.29, 1.82) is 0 Å². The summed E-state index contributed by atoms with van der Waals surface area (Å²) in [6.45, 7) is 5.02. The van der Waals surface area contributed by atoms with Crippen molar-refractivity contribution < 1.29 is 93.4 Å². The molecule has 12 heteroatoms. The van der Waals surface area contributed by atoms with E-state index in [1.54, 1.807) is 0 Å². The van der Waals surface area contributed by atoms with E-state index in [1.807, 2.05) is 0 Å². The summed E-state index contributed by atoms with van der Waals surface area (Å²) >= 11 is 0. The molecule has 0 N–H and O–H groups in total. The van der Waals surface area contributed by atoms with Crippen LogP contribution in [0.2, 0.25) is 0 Å². The molecule has 0 rings (SSSR count). The van der Waals surface area contributed by atoms with Crippen LogP contribution in [0.15, 0.2) is 0 Å². The van der Waals surface area contributed by atoms with E-state index in [-0.39, 0.29) is 72.3 Å². The molecule has 0 heterocycles. The normalized spacial score (nSPS) is 11.3. The Balaban J connectivity index is -0.000000943. The van der Waals surface area contributed by atoms with Crippen molar-refractivity contribution in [2.24, 2.45) is 0 Å². The zero-order chi connectivity index (χ0) is 30.2. The largest absolute Gasteiger partial charge is 1.00 e. The van der Waals surface area contributed by atoms with Gasteiger partial charge in [-0.1, -0.05) is 168 Å². The fraction of sp³-hybridized carbons (Fsp3) is 1.00. The molecule has 42 heavy (non-hydrogen) atoms. The first kappa shape index (κ1) is 50.6. The summed E-state index contributed by atoms with van der Waals surface area (Å²) in [5, 5.41) is 0. The molecule has 0 unspecified atom stereocenters. The molecule has 0 aliphatic rings. The fourth-order valence-corrected chi connectivity index (χ4v) is 5.31. The molecule has 0 amide bonds. The van der Waals surface area contributed by atoms with Crippen LogP contribution in [0.4, 0.5) is 0 Å². The van der Waals surface area contributed by atoms with Gasteiger partial charge in [-0.3, -0.25) is 8.42 Å². The van der Waals surface area contributed by atoms with Crippen LogP contribution in [-0.4, -0.2) is 39.2 Å². The predicted octanol–water partition coefficient (Wildman–Crippen LogP) is 3.12. The maximum absolute atomic E-state index is 11.8. The van der Waals surface area contributed by atoms with Crippen LogP contribution in [0.5, 0.6) is 0 Å². The van der Waals surface area contributed by atoms with Gasteiger partial charge in [0.05, 0.1) is 13.2 Å². The van der Waals surface area contributed by atoms with Gasteiger partial charge in [0.15, 0.2) is 0 Å². The minimum absolute atomic E-state index is 0. The first-order chi connectivity index (χ1) is 19.1. The quantitative estimate of drug-likeness (QED) is 0.0497. The molecule has 0 spiro atoms. The Bertz CT molecular complexity index is 700. The Morgan fingerprint density at radius 1 is 0.381 bits per heavy atom. The first-order valence-electron chi connectivity index (χ1n) is 16.3. The second kappa shape index (κ2) is 38.9. The minimum atomic E-state index is -5.17.